The van der Waals surface area contributed by atoms with E-state index in [-0.39, 0.29) is 12.4 Å². The summed E-state index contributed by atoms with van der Waals surface area (Å²) in [6.07, 6.45) is -3.12. The average molecular weight is 301 g/mol. The molecule has 0 fully saturated rings. The van der Waals surface area contributed by atoms with Gasteiger partial charge in [-0.15, -0.1) is 0 Å². The highest BCUT2D eigenvalue weighted by Gasteiger charge is 2.31. The van der Waals surface area contributed by atoms with Gasteiger partial charge in [-0.3, -0.25) is 0 Å². The molecule has 0 radical (unpaired) electrons. The lowest BCUT2D eigenvalue weighted by molar-refractivity contribution is -0.119. The first kappa shape index (κ1) is 13.2. The van der Waals surface area contributed by atoms with E-state index < -0.39 is 18.5 Å². The van der Waals surface area contributed by atoms with Gasteiger partial charge >= 0.3 is 6.18 Å². The molecule has 0 saturated carbocycles. The quantitative estimate of drug-likeness (QED) is 0.796. The molecule has 7 heteroatoms. The standard InChI is InChI=1S/C9H9BrF4N2/c1-2-16(5-9(12,13)14)8-7(11)3-6(10)4-15-8/h3-4H,2,5H2,1H3. The first-order valence-electron chi connectivity index (χ1n) is 4.46. The molecule has 1 aromatic heterocycles. The molecule has 0 aliphatic carbocycles. The Labute approximate surface area is 98.4 Å². The van der Waals surface area contributed by atoms with Crippen LogP contribution < -0.4 is 4.90 Å². The van der Waals surface area contributed by atoms with Crippen LogP contribution in [0.3, 0.4) is 0 Å². The third-order valence-corrected chi connectivity index (χ3v) is 2.27. The summed E-state index contributed by atoms with van der Waals surface area (Å²) in [7, 11) is 0. The summed E-state index contributed by atoms with van der Waals surface area (Å²) in [6, 6.07) is 1.08. The monoisotopic (exact) mass is 300 g/mol. The molecule has 0 atom stereocenters. The van der Waals surface area contributed by atoms with Crippen molar-refractivity contribution >= 4 is 21.7 Å². The van der Waals surface area contributed by atoms with Crippen LogP contribution in [0.5, 0.6) is 0 Å². The minimum absolute atomic E-state index is 0.0328. The van der Waals surface area contributed by atoms with Gasteiger partial charge in [0.2, 0.25) is 0 Å². The highest BCUT2D eigenvalue weighted by Crippen LogP contribution is 2.24. The Bertz CT molecular complexity index is 367. The normalized spacial score (nSPS) is 11.6. The van der Waals surface area contributed by atoms with Crippen LogP contribution in [-0.4, -0.2) is 24.2 Å². The zero-order valence-electron chi connectivity index (χ0n) is 8.35. The number of aromatic nitrogens is 1. The molecule has 0 bridgehead atoms. The number of halogens is 5. The zero-order chi connectivity index (χ0) is 12.3. The molecular formula is C9H9BrF4N2. The number of hydrogen-bond donors (Lipinski definition) is 0. The Morgan fingerprint density at radius 1 is 1.44 bits per heavy atom. The second-order valence-corrected chi connectivity index (χ2v) is 4.00. The molecule has 0 unspecified atom stereocenters. The highest BCUT2D eigenvalue weighted by molar-refractivity contribution is 9.10. The molecule has 0 aliphatic heterocycles. The zero-order valence-corrected chi connectivity index (χ0v) is 9.94. The van der Waals surface area contributed by atoms with Crippen molar-refractivity contribution in [3.05, 3.63) is 22.6 Å². The predicted octanol–water partition coefficient (Wildman–Crippen LogP) is 3.37. The lowest BCUT2D eigenvalue weighted by atomic mass is 10.4. The number of hydrogen-bond acceptors (Lipinski definition) is 2. The summed E-state index contributed by atoms with van der Waals surface area (Å²) in [5.41, 5.74) is 0. The van der Waals surface area contributed by atoms with Gasteiger partial charge in [-0.25, -0.2) is 9.37 Å². The molecule has 0 N–H and O–H groups in total. The van der Waals surface area contributed by atoms with Crippen LogP contribution in [0.4, 0.5) is 23.4 Å². The minimum Gasteiger partial charge on any atom is -0.345 e. The Balaban J connectivity index is 2.95. The van der Waals surface area contributed by atoms with Gasteiger partial charge in [-0.2, -0.15) is 13.2 Å². The smallest absolute Gasteiger partial charge is 0.345 e. The fourth-order valence-corrected chi connectivity index (χ4v) is 1.50. The number of pyridine rings is 1. The van der Waals surface area contributed by atoms with E-state index in [0.717, 1.165) is 11.0 Å². The molecule has 0 amide bonds. The number of anilines is 1. The predicted molar refractivity (Wildman–Crippen MR) is 55.8 cm³/mol. The van der Waals surface area contributed by atoms with E-state index in [9.17, 15) is 17.6 Å². The molecule has 1 rings (SSSR count). The van der Waals surface area contributed by atoms with Crippen molar-refractivity contribution in [1.29, 1.82) is 0 Å². The minimum atomic E-state index is -4.38. The Hall–Kier alpha value is -0.850. The first-order valence-corrected chi connectivity index (χ1v) is 5.25. The van der Waals surface area contributed by atoms with Gasteiger partial charge in [-0.1, -0.05) is 0 Å². The molecule has 2 nitrogen and oxygen atoms in total. The number of nitrogens with zero attached hydrogens (tertiary/aromatic N) is 2. The molecule has 0 spiro atoms. The molecule has 16 heavy (non-hydrogen) atoms. The van der Waals surface area contributed by atoms with Crippen LogP contribution in [0.2, 0.25) is 0 Å². The lowest BCUT2D eigenvalue weighted by Crippen LogP contribution is -2.35. The summed E-state index contributed by atoms with van der Waals surface area (Å²) in [6.45, 7) is 0.328. The van der Waals surface area contributed by atoms with Crippen molar-refractivity contribution in [1.82, 2.24) is 4.98 Å². The summed E-state index contributed by atoms with van der Waals surface area (Å²) < 4.78 is 50.3. The van der Waals surface area contributed by atoms with E-state index >= 15 is 0 Å². The SMILES string of the molecule is CCN(CC(F)(F)F)c1ncc(Br)cc1F. The van der Waals surface area contributed by atoms with Crippen molar-refractivity contribution in [2.24, 2.45) is 0 Å². The Morgan fingerprint density at radius 3 is 2.50 bits per heavy atom. The van der Waals surface area contributed by atoms with Gasteiger partial charge in [0, 0.05) is 17.2 Å². The first-order chi connectivity index (χ1) is 7.33. The van der Waals surface area contributed by atoms with E-state index in [1.165, 1.54) is 13.1 Å². The Morgan fingerprint density at radius 2 is 2.06 bits per heavy atom. The van der Waals surface area contributed by atoms with Gasteiger partial charge in [0.25, 0.3) is 0 Å². The summed E-state index contributed by atoms with van der Waals surface area (Å²) in [5, 5.41) is 0. The van der Waals surface area contributed by atoms with Gasteiger partial charge < -0.3 is 4.90 Å². The fraction of sp³-hybridized carbons (Fsp3) is 0.444. The fourth-order valence-electron chi connectivity index (χ4n) is 1.19. The summed E-state index contributed by atoms with van der Waals surface area (Å²) >= 11 is 2.99. The largest absolute Gasteiger partial charge is 0.405 e. The van der Waals surface area contributed by atoms with Crippen LogP contribution in [0, 0.1) is 5.82 Å². The van der Waals surface area contributed by atoms with E-state index in [1.807, 2.05) is 0 Å². The maximum atomic E-state index is 13.4. The van der Waals surface area contributed by atoms with Crippen molar-refractivity contribution in [2.45, 2.75) is 13.1 Å². The number of rotatable bonds is 3. The van der Waals surface area contributed by atoms with E-state index in [2.05, 4.69) is 20.9 Å². The van der Waals surface area contributed by atoms with Crippen molar-refractivity contribution in [2.75, 3.05) is 18.0 Å². The van der Waals surface area contributed by atoms with E-state index in [0.29, 0.717) is 4.47 Å². The van der Waals surface area contributed by atoms with Gasteiger partial charge in [-0.05, 0) is 28.9 Å². The van der Waals surface area contributed by atoms with Gasteiger partial charge in [0.05, 0.1) is 0 Å². The van der Waals surface area contributed by atoms with Crippen LogP contribution >= 0.6 is 15.9 Å². The molecule has 90 valence electrons. The maximum Gasteiger partial charge on any atom is 0.405 e. The van der Waals surface area contributed by atoms with Gasteiger partial charge in [0.15, 0.2) is 11.6 Å². The van der Waals surface area contributed by atoms with Crippen molar-refractivity contribution in [3.8, 4) is 0 Å². The van der Waals surface area contributed by atoms with Gasteiger partial charge in [0.1, 0.15) is 6.54 Å². The second kappa shape index (κ2) is 4.99. The lowest BCUT2D eigenvalue weighted by Gasteiger charge is -2.23. The van der Waals surface area contributed by atoms with Crippen LogP contribution in [0.25, 0.3) is 0 Å². The topological polar surface area (TPSA) is 16.1 Å². The van der Waals surface area contributed by atoms with Crippen molar-refractivity contribution in [3.63, 3.8) is 0 Å². The van der Waals surface area contributed by atoms with E-state index in [4.69, 9.17) is 0 Å². The van der Waals surface area contributed by atoms with E-state index in [1.54, 1.807) is 0 Å². The third-order valence-electron chi connectivity index (χ3n) is 1.84. The summed E-state index contributed by atoms with van der Waals surface area (Å²) in [5.74, 6) is -1.07. The molecule has 1 aromatic rings. The van der Waals surface area contributed by atoms with Crippen molar-refractivity contribution < 1.29 is 17.6 Å². The maximum absolute atomic E-state index is 13.4. The summed E-state index contributed by atoms with van der Waals surface area (Å²) in [4.78, 5) is 4.47. The second-order valence-electron chi connectivity index (χ2n) is 3.09. The molecular weight excluding hydrogens is 292 g/mol. The highest BCUT2D eigenvalue weighted by atomic mass is 79.9. The third kappa shape index (κ3) is 3.62. The molecule has 0 aliphatic rings. The van der Waals surface area contributed by atoms with Crippen LogP contribution in [0.1, 0.15) is 6.92 Å². The molecule has 0 aromatic carbocycles. The Kier molecular flexibility index (Phi) is 4.12. The molecule has 1 heterocycles. The van der Waals surface area contributed by atoms with Crippen LogP contribution in [0.15, 0.2) is 16.7 Å². The molecule has 0 saturated heterocycles. The average Bonchev–Trinajstić information content (AvgIpc) is 2.13. The number of alkyl halides is 3. The van der Waals surface area contributed by atoms with Crippen LogP contribution in [-0.2, 0) is 0 Å².